The first-order valence-electron chi connectivity index (χ1n) is 5.90. The summed E-state index contributed by atoms with van der Waals surface area (Å²) in [6.45, 7) is 1.35. The van der Waals surface area contributed by atoms with Crippen molar-refractivity contribution < 1.29 is 4.79 Å². The zero-order valence-corrected chi connectivity index (χ0v) is 11.7. The summed E-state index contributed by atoms with van der Waals surface area (Å²) < 4.78 is 0. The number of carbonyl (C=O) groups excluding carboxylic acids is 1. The highest BCUT2D eigenvalue weighted by atomic mass is 35.5. The highest BCUT2D eigenvalue weighted by Gasteiger charge is 2.24. The number of fused-ring (bicyclic) bond motifs is 1. The van der Waals surface area contributed by atoms with Crippen molar-refractivity contribution in [3.05, 3.63) is 44.7 Å². The highest BCUT2D eigenvalue weighted by Crippen LogP contribution is 2.26. The summed E-state index contributed by atoms with van der Waals surface area (Å²) in [7, 11) is 0. The molecule has 1 amide bonds. The Bertz CT molecular complexity index is 641. The minimum Gasteiger partial charge on any atom is -0.384 e. The molecule has 19 heavy (non-hydrogen) atoms. The maximum absolute atomic E-state index is 12.5. The number of pyridine rings is 1. The second-order valence-corrected chi connectivity index (χ2v) is 5.84. The van der Waals surface area contributed by atoms with Gasteiger partial charge in [-0.25, -0.2) is 4.98 Å². The molecule has 2 aromatic rings. The average molecular weight is 294 g/mol. The lowest BCUT2D eigenvalue weighted by molar-refractivity contribution is 0.0736. The lowest BCUT2D eigenvalue weighted by atomic mass is 10.1. The number of thiophene rings is 1. The van der Waals surface area contributed by atoms with Crippen LogP contribution in [-0.2, 0) is 13.0 Å². The SMILES string of the molecule is Nc1cc(C(=O)N2CCc3sccc3C2)c(Cl)cn1. The summed E-state index contributed by atoms with van der Waals surface area (Å²) in [5.41, 5.74) is 7.26. The Morgan fingerprint density at radius 1 is 1.53 bits per heavy atom. The van der Waals surface area contributed by atoms with E-state index in [2.05, 4.69) is 16.4 Å². The molecule has 2 N–H and O–H groups in total. The van der Waals surface area contributed by atoms with Gasteiger partial charge in [0.2, 0.25) is 0 Å². The Morgan fingerprint density at radius 2 is 2.37 bits per heavy atom. The summed E-state index contributed by atoms with van der Waals surface area (Å²) in [5.74, 6) is 0.219. The molecule has 3 rings (SSSR count). The summed E-state index contributed by atoms with van der Waals surface area (Å²) in [5, 5.41) is 2.41. The van der Waals surface area contributed by atoms with Crippen LogP contribution < -0.4 is 5.73 Å². The summed E-state index contributed by atoms with van der Waals surface area (Å²) in [6.07, 6.45) is 2.32. The predicted molar refractivity (Wildman–Crippen MR) is 76.4 cm³/mol. The van der Waals surface area contributed by atoms with E-state index in [1.54, 1.807) is 16.2 Å². The van der Waals surface area contributed by atoms with Gasteiger partial charge in [0.1, 0.15) is 5.82 Å². The zero-order chi connectivity index (χ0) is 13.4. The molecule has 0 aromatic carbocycles. The summed E-state index contributed by atoms with van der Waals surface area (Å²) >= 11 is 7.77. The van der Waals surface area contributed by atoms with E-state index >= 15 is 0 Å². The Hall–Kier alpha value is -1.59. The van der Waals surface area contributed by atoms with Crippen molar-refractivity contribution in [2.75, 3.05) is 12.3 Å². The quantitative estimate of drug-likeness (QED) is 0.879. The summed E-state index contributed by atoms with van der Waals surface area (Å²) in [4.78, 5) is 19.5. The third-order valence-corrected chi connectivity index (χ3v) is 4.53. The number of hydrogen-bond donors (Lipinski definition) is 1. The van der Waals surface area contributed by atoms with Gasteiger partial charge in [-0.15, -0.1) is 11.3 Å². The van der Waals surface area contributed by atoms with Gasteiger partial charge >= 0.3 is 0 Å². The van der Waals surface area contributed by atoms with E-state index in [4.69, 9.17) is 17.3 Å². The molecule has 0 fully saturated rings. The van der Waals surface area contributed by atoms with Gasteiger partial charge in [0.05, 0.1) is 10.6 Å². The Balaban J connectivity index is 1.87. The van der Waals surface area contributed by atoms with Gasteiger partial charge in [-0.2, -0.15) is 0 Å². The second kappa shape index (κ2) is 4.83. The van der Waals surface area contributed by atoms with Crippen LogP contribution in [0.4, 0.5) is 5.82 Å². The highest BCUT2D eigenvalue weighted by molar-refractivity contribution is 7.10. The smallest absolute Gasteiger partial charge is 0.255 e. The van der Waals surface area contributed by atoms with Gasteiger partial charge < -0.3 is 10.6 Å². The number of nitrogen functional groups attached to an aromatic ring is 1. The molecule has 0 saturated carbocycles. The number of aromatic nitrogens is 1. The fraction of sp³-hybridized carbons (Fsp3) is 0.231. The van der Waals surface area contributed by atoms with Crippen LogP contribution in [0.15, 0.2) is 23.7 Å². The van der Waals surface area contributed by atoms with E-state index in [1.165, 1.54) is 22.7 Å². The van der Waals surface area contributed by atoms with Gasteiger partial charge in [-0.05, 0) is 29.5 Å². The predicted octanol–water partition coefficient (Wildman–Crippen LogP) is 2.58. The van der Waals surface area contributed by atoms with Crippen LogP contribution in [0, 0.1) is 0 Å². The molecule has 0 aliphatic carbocycles. The van der Waals surface area contributed by atoms with Crippen molar-refractivity contribution in [2.24, 2.45) is 0 Å². The van der Waals surface area contributed by atoms with Crippen molar-refractivity contribution >= 4 is 34.7 Å². The minimum atomic E-state index is -0.0871. The van der Waals surface area contributed by atoms with Crippen LogP contribution >= 0.6 is 22.9 Å². The molecule has 2 aromatic heterocycles. The molecule has 0 radical (unpaired) electrons. The number of halogens is 1. The molecule has 3 heterocycles. The van der Waals surface area contributed by atoms with Crippen LogP contribution in [0.3, 0.4) is 0 Å². The molecule has 98 valence electrons. The lowest BCUT2D eigenvalue weighted by Gasteiger charge is -2.27. The van der Waals surface area contributed by atoms with Crippen LogP contribution in [-0.4, -0.2) is 22.3 Å². The van der Waals surface area contributed by atoms with E-state index < -0.39 is 0 Å². The zero-order valence-electron chi connectivity index (χ0n) is 10.1. The first kappa shape index (κ1) is 12.4. The molecule has 0 unspecified atom stereocenters. The standard InChI is InChI=1S/C13H12ClN3OS/c14-10-6-16-12(15)5-9(10)13(18)17-3-1-11-8(7-17)2-4-19-11/h2,4-6H,1,3,7H2,(H2,15,16). The van der Waals surface area contributed by atoms with Gasteiger partial charge in [0, 0.05) is 24.2 Å². The summed E-state index contributed by atoms with van der Waals surface area (Å²) in [6, 6.07) is 3.61. The largest absolute Gasteiger partial charge is 0.384 e. The van der Waals surface area contributed by atoms with Crippen LogP contribution in [0.5, 0.6) is 0 Å². The van der Waals surface area contributed by atoms with Crippen molar-refractivity contribution in [1.82, 2.24) is 9.88 Å². The van der Waals surface area contributed by atoms with E-state index in [0.717, 1.165) is 6.42 Å². The van der Waals surface area contributed by atoms with E-state index in [0.29, 0.717) is 29.5 Å². The van der Waals surface area contributed by atoms with Crippen molar-refractivity contribution in [3.8, 4) is 0 Å². The van der Waals surface area contributed by atoms with Crippen LogP contribution in [0.1, 0.15) is 20.8 Å². The molecule has 6 heteroatoms. The van der Waals surface area contributed by atoms with Gasteiger partial charge in [0.25, 0.3) is 5.91 Å². The number of nitrogens with zero attached hydrogens (tertiary/aromatic N) is 2. The minimum absolute atomic E-state index is 0.0871. The van der Waals surface area contributed by atoms with E-state index in [-0.39, 0.29) is 5.91 Å². The number of rotatable bonds is 1. The Morgan fingerprint density at radius 3 is 3.21 bits per heavy atom. The molecule has 0 saturated heterocycles. The first-order valence-corrected chi connectivity index (χ1v) is 7.16. The van der Waals surface area contributed by atoms with Crippen molar-refractivity contribution in [3.63, 3.8) is 0 Å². The molecule has 0 spiro atoms. The van der Waals surface area contributed by atoms with Crippen LogP contribution in [0.25, 0.3) is 0 Å². The maximum atomic E-state index is 12.5. The fourth-order valence-corrected chi connectivity index (χ4v) is 3.28. The van der Waals surface area contributed by atoms with Gasteiger partial charge in [-0.1, -0.05) is 11.6 Å². The van der Waals surface area contributed by atoms with Gasteiger partial charge in [-0.3, -0.25) is 4.79 Å². The Labute approximate surface area is 119 Å². The normalized spacial score (nSPS) is 14.3. The first-order chi connectivity index (χ1) is 9.15. The maximum Gasteiger partial charge on any atom is 0.255 e. The number of carbonyl (C=O) groups is 1. The fourth-order valence-electron chi connectivity index (χ4n) is 2.21. The average Bonchev–Trinajstić information content (AvgIpc) is 2.88. The molecule has 0 bridgehead atoms. The van der Waals surface area contributed by atoms with Crippen molar-refractivity contribution in [2.45, 2.75) is 13.0 Å². The number of amides is 1. The monoisotopic (exact) mass is 293 g/mol. The van der Waals surface area contributed by atoms with E-state index in [9.17, 15) is 4.79 Å². The Kier molecular flexibility index (Phi) is 3.16. The number of anilines is 1. The number of nitrogens with two attached hydrogens (primary N) is 1. The third kappa shape index (κ3) is 2.31. The molecular weight excluding hydrogens is 282 g/mol. The van der Waals surface area contributed by atoms with Crippen molar-refractivity contribution in [1.29, 1.82) is 0 Å². The molecule has 1 aliphatic rings. The lowest BCUT2D eigenvalue weighted by Crippen LogP contribution is -2.35. The molecular formula is C13H12ClN3OS. The van der Waals surface area contributed by atoms with Crippen LogP contribution in [0.2, 0.25) is 5.02 Å². The molecule has 1 aliphatic heterocycles. The third-order valence-electron chi connectivity index (χ3n) is 3.20. The molecule has 4 nitrogen and oxygen atoms in total. The molecule has 0 atom stereocenters. The topological polar surface area (TPSA) is 59.2 Å². The number of hydrogen-bond acceptors (Lipinski definition) is 4. The van der Waals surface area contributed by atoms with E-state index in [1.807, 2.05) is 0 Å². The second-order valence-electron chi connectivity index (χ2n) is 4.43. The van der Waals surface area contributed by atoms with Gasteiger partial charge in [0.15, 0.2) is 0 Å².